The molecule has 28 heavy (non-hydrogen) atoms. The van der Waals surface area contributed by atoms with Gasteiger partial charge < -0.3 is 15.7 Å². The summed E-state index contributed by atoms with van der Waals surface area (Å²) in [5.74, 6) is -0.284. The van der Waals surface area contributed by atoms with Gasteiger partial charge in [0, 0.05) is 17.8 Å². The summed E-state index contributed by atoms with van der Waals surface area (Å²) in [5.41, 5.74) is 5.29. The number of aliphatic hydroxyl groups excluding tert-OH is 1. The second kappa shape index (κ2) is 7.82. The Morgan fingerprint density at radius 1 is 0.964 bits per heavy atom. The van der Waals surface area contributed by atoms with Crippen molar-refractivity contribution in [2.75, 3.05) is 10.6 Å². The predicted molar refractivity (Wildman–Crippen MR) is 109 cm³/mol. The minimum absolute atomic E-state index is 0.284. The van der Waals surface area contributed by atoms with Gasteiger partial charge in [0.25, 0.3) is 0 Å². The number of carbonyl (C=O) groups is 1. The maximum Gasteiger partial charge on any atom is 0.323 e. The normalized spacial score (nSPS) is 15.6. The number of hydrogen-bond acceptors (Lipinski definition) is 2. The van der Waals surface area contributed by atoms with Crippen molar-refractivity contribution in [1.82, 2.24) is 0 Å². The lowest BCUT2D eigenvalue weighted by atomic mass is 9.88. The summed E-state index contributed by atoms with van der Waals surface area (Å²) in [6.45, 7) is 0. The van der Waals surface area contributed by atoms with Crippen LogP contribution in [0.15, 0.2) is 66.7 Å². The fourth-order valence-electron chi connectivity index (χ4n) is 3.59. The molecule has 0 aliphatic heterocycles. The molecular formula is C23H21FN2O2. The molecule has 0 saturated carbocycles. The van der Waals surface area contributed by atoms with Crippen LogP contribution in [0.1, 0.15) is 17.5 Å². The van der Waals surface area contributed by atoms with Gasteiger partial charge in [-0.25, -0.2) is 9.18 Å². The topological polar surface area (TPSA) is 61.4 Å². The number of rotatable bonds is 3. The second-order valence-electron chi connectivity index (χ2n) is 7.01. The molecule has 1 aliphatic carbocycles. The number of hydrogen-bond donors (Lipinski definition) is 3. The maximum atomic E-state index is 13.1. The van der Waals surface area contributed by atoms with E-state index in [1.807, 2.05) is 36.4 Å². The quantitative estimate of drug-likeness (QED) is 0.603. The Morgan fingerprint density at radius 2 is 1.75 bits per heavy atom. The predicted octanol–water partition coefficient (Wildman–Crippen LogP) is 4.99. The minimum atomic E-state index is -0.370. The van der Waals surface area contributed by atoms with Crippen molar-refractivity contribution in [2.24, 2.45) is 0 Å². The summed E-state index contributed by atoms with van der Waals surface area (Å²) >= 11 is 0. The van der Waals surface area contributed by atoms with Crippen molar-refractivity contribution in [2.45, 2.75) is 25.4 Å². The Kier molecular flexibility index (Phi) is 5.08. The molecule has 2 amide bonds. The average Bonchev–Trinajstić information content (AvgIpc) is 2.69. The van der Waals surface area contributed by atoms with E-state index in [0.29, 0.717) is 12.1 Å². The molecule has 142 valence electrons. The van der Waals surface area contributed by atoms with Gasteiger partial charge in [-0.15, -0.1) is 0 Å². The maximum absolute atomic E-state index is 13.1. The summed E-state index contributed by atoms with van der Waals surface area (Å²) in [5, 5.41) is 15.7. The van der Waals surface area contributed by atoms with Crippen LogP contribution in [0, 0.1) is 5.82 Å². The van der Waals surface area contributed by atoms with Gasteiger partial charge in [-0.1, -0.05) is 36.4 Å². The number of amides is 2. The molecule has 1 unspecified atom stereocenters. The number of fused-ring (bicyclic) bond motifs is 1. The van der Waals surface area contributed by atoms with Gasteiger partial charge in [0.15, 0.2) is 0 Å². The van der Waals surface area contributed by atoms with Crippen molar-refractivity contribution in [3.05, 3.63) is 83.7 Å². The van der Waals surface area contributed by atoms with Crippen LogP contribution in [-0.2, 0) is 12.8 Å². The molecule has 4 rings (SSSR count). The van der Waals surface area contributed by atoms with E-state index in [0.717, 1.165) is 35.2 Å². The lowest BCUT2D eigenvalue weighted by molar-refractivity contribution is 0.159. The first kappa shape index (κ1) is 18.2. The fourth-order valence-corrected chi connectivity index (χ4v) is 3.59. The van der Waals surface area contributed by atoms with E-state index in [-0.39, 0.29) is 18.0 Å². The highest BCUT2D eigenvalue weighted by molar-refractivity contribution is 6.00. The Balaban J connectivity index is 1.49. The van der Waals surface area contributed by atoms with Gasteiger partial charge in [-0.2, -0.15) is 0 Å². The van der Waals surface area contributed by atoms with Crippen LogP contribution in [0.2, 0.25) is 0 Å². The van der Waals surface area contributed by atoms with E-state index in [1.165, 1.54) is 17.7 Å². The van der Waals surface area contributed by atoms with Gasteiger partial charge in [0.2, 0.25) is 0 Å². The minimum Gasteiger partial charge on any atom is -0.393 e. The zero-order valence-corrected chi connectivity index (χ0v) is 15.3. The molecule has 1 atom stereocenters. The molecule has 3 aromatic carbocycles. The van der Waals surface area contributed by atoms with Gasteiger partial charge in [-0.3, -0.25) is 0 Å². The molecule has 0 spiro atoms. The standard InChI is InChI=1S/C23H21FN2O2/c24-18-10-7-15(8-11-18)17-4-1-5-19(13-17)25-23(28)26-22-6-2-3-16-9-12-20(27)14-21(16)22/h1-8,10-11,13,20,27H,9,12,14H2,(H2,25,26,28). The Morgan fingerprint density at radius 3 is 2.57 bits per heavy atom. The van der Waals surface area contributed by atoms with Crippen LogP contribution >= 0.6 is 0 Å². The number of benzene rings is 3. The summed E-state index contributed by atoms with van der Waals surface area (Å²) in [4.78, 5) is 12.5. The van der Waals surface area contributed by atoms with Crippen LogP contribution in [-0.4, -0.2) is 17.2 Å². The van der Waals surface area contributed by atoms with Gasteiger partial charge in [0.1, 0.15) is 5.82 Å². The molecule has 3 aromatic rings. The van der Waals surface area contributed by atoms with Crippen LogP contribution in [0.4, 0.5) is 20.6 Å². The molecule has 0 bridgehead atoms. The van der Waals surface area contributed by atoms with E-state index < -0.39 is 0 Å². The number of carbonyl (C=O) groups excluding carboxylic acids is 1. The number of halogens is 1. The van der Waals surface area contributed by atoms with Gasteiger partial charge >= 0.3 is 6.03 Å². The number of aryl methyl sites for hydroxylation is 1. The molecule has 5 heteroatoms. The van der Waals surface area contributed by atoms with Crippen LogP contribution in [0.3, 0.4) is 0 Å². The molecule has 0 saturated heterocycles. The second-order valence-corrected chi connectivity index (χ2v) is 7.01. The van der Waals surface area contributed by atoms with Gasteiger partial charge in [0.05, 0.1) is 6.10 Å². The van der Waals surface area contributed by atoms with Gasteiger partial charge in [-0.05, 0) is 65.4 Å². The fraction of sp³-hybridized carbons (Fsp3) is 0.174. The molecule has 0 aromatic heterocycles. The Hall–Kier alpha value is -3.18. The number of anilines is 2. The van der Waals surface area contributed by atoms with E-state index >= 15 is 0 Å². The first-order chi connectivity index (χ1) is 13.6. The third kappa shape index (κ3) is 4.05. The van der Waals surface area contributed by atoms with Crippen molar-refractivity contribution >= 4 is 17.4 Å². The van der Waals surface area contributed by atoms with Crippen molar-refractivity contribution in [3.63, 3.8) is 0 Å². The van der Waals surface area contributed by atoms with Crippen molar-refractivity contribution in [3.8, 4) is 11.1 Å². The Bertz CT molecular complexity index is 1000. The van der Waals surface area contributed by atoms with Crippen LogP contribution in [0.5, 0.6) is 0 Å². The zero-order chi connectivity index (χ0) is 19.5. The molecule has 0 heterocycles. The molecular weight excluding hydrogens is 355 g/mol. The molecule has 4 nitrogen and oxygen atoms in total. The van der Waals surface area contributed by atoms with Crippen LogP contribution in [0.25, 0.3) is 11.1 Å². The zero-order valence-electron chi connectivity index (χ0n) is 15.3. The first-order valence-corrected chi connectivity index (χ1v) is 9.31. The number of urea groups is 1. The monoisotopic (exact) mass is 376 g/mol. The smallest absolute Gasteiger partial charge is 0.323 e. The third-order valence-corrected chi connectivity index (χ3v) is 5.01. The van der Waals surface area contributed by atoms with Crippen molar-refractivity contribution < 1.29 is 14.3 Å². The Labute approximate surface area is 163 Å². The van der Waals surface area contributed by atoms with E-state index in [1.54, 1.807) is 18.2 Å². The molecule has 3 N–H and O–H groups in total. The highest BCUT2D eigenvalue weighted by Crippen LogP contribution is 2.28. The third-order valence-electron chi connectivity index (χ3n) is 5.01. The average molecular weight is 376 g/mol. The highest BCUT2D eigenvalue weighted by Gasteiger charge is 2.20. The summed E-state index contributed by atoms with van der Waals surface area (Å²) in [6.07, 6.45) is 1.74. The van der Waals surface area contributed by atoms with Crippen LogP contribution < -0.4 is 10.6 Å². The van der Waals surface area contributed by atoms with E-state index in [2.05, 4.69) is 10.6 Å². The molecule has 0 fully saturated rings. The largest absolute Gasteiger partial charge is 0.393 e. The number of aliphatic hydroxyl groups is 1. The lowest BCUT2D eigenvalue weighted by Crippen LogP contribution is -2.24. The molecule has 0 radical (unpaired) electrons. The highest BCUT2D eigenvalue weighted by atomic mass is 19.1. The summed E-state index contributed by atoms with van der Waals surface area (Å²) in [6, 6.07) is 19.1. The summed E-state index contributed by atoms with van der Waals surface area (Å²) < 4.78 is 13.1. The molecule has 1 aliphatic rings. The van der Waals surface area contributed by atoms with E-state index in [9.17, 15) is 14.3 Å². The number of nitrogens with one attached hydrogen (secondary N) is 2. The van der Waals surface area contributed by atoms with Crippen molar-refractivity contribution in [1.29, 1.82) is 0 Å². The summed E-state index contributed by atoms with van der Waals surface area (Å²) in [7, 11) is 0. The lowest BCUT2D eigenvalue weighted by Gasteiger charge is -2.23. The van der Waals surface area contributed by atoms with E-state index in [4.69, 9.17) is 0 Å². The SMILES string of the molecule is O=C(Nc1cccc(-c2ccc(F)cc2)c1)Nc1cccc2c1CC(O)CC2. The first-order valence-electron chi connectivity index (χ1n) is 9.31.